The van der Waals surface area contributed by atoms with Crippen LogP contribution in [0.1, 0.15) is 5.56 Å². The van der Waals surface area contributed by atoms with E-state index < -0.39 is 0 Å². The molecule has 5 rings (SSSR count). The van der Waals surface area contributed by atoms with Crippen molar-refractivity contribution in [3.63, 3.8) is 0 Å². The number of nitrogens with zero attached hydrogens (tertiary/aromatic N) is 3. The lowest BCUT2D eigenvalue weighted by atomic mass is 10.1. The number of fused-ring (bicyclic) bond motifs is 4. The number of hydrogen-bond donors (Lipinski definition) is 1. The van der Waals surface area contributed by atoms with Gasteiger partial charge in [0.05, 0.1) is 16.9 Å². The fourth-order valence-electron chi connectivity index (χ4n) is 3.60. The lowest BCUT2D eigenvalue weighted by Crippen LogP contribution is -2.47. The fraction of sp³-hybridized carbons (Fsp3) is 0.250. The van der Waals surface area contributed by atoms with Gasteiger partial charge in [-0.2, -0.15) is 0 Å². The van der Waals surface area contributed by atoms with E-state index in [-0.39, 0.29) is 0 Å². The molecule has 0 spiro atoms. The molecule has 6 heteroatoms. The summed E-state index contributed by atoms with van der Waals surface area (Å²) < 4.78 is 2.35. The quantitative estimate of drug-likeness (QED) is 0.545. The maximum atomic E-state index is 5.15. The Morgan fingerprint density at radius 2 is 1.88 bits per heavy atom. The first-order chi connectivity index (χ1) is 12.7. The monoisotopic (exact) mass is 426 g/mol. The molecule has 0 saturated carbocycles. The summed E-state index contributed by atoms with van der Waals surface area (Å²) in [5, 5.41) is 6.11. The van der Waals surface area contributed by atoms with E-state index in [1.807, 2.05) is 11.3 Å². The molecule has 0 radical (unpaired) electrons. The maximum Gasteiger partial charge on any atom is 0.140 e. The van der Waals surface area contributed by atoms with Crippen molar-refractivity contribution in [3.8, 4) is 0 Å². The molecule has 1 aromatic heterocycles. The van der Waals surface area contributed by atoms with Gasteiger partial charge in [-0.25, -0.2) is 4.99 Å². The zero-order valence-electron chi connectivity index (χ0n) is 14.5. The minimum absolute atomic E-state index is 0.987. The van der Waals surface area contributed by atoms with Gasteiger partial charge in [0.2, 0.25) is 0 Å². The maximum absolute atomic E-state index is 5.15. The Hall–Kier alpha value is -1.89. The van der Waals surface area contributed by atoms with Gasteiger partial charge in [0.15, 0.2) is 0 Å². The van der Waals surface area contributed by atoms with Crippen molar-refractivity contribution in [1.82, 2.24) is 9.80 Å². The number of amidine groups is 1. The topological polar surface area (TPSA) is 30.9 Å². The van der Waals surface area contributed by atoms with E-state index in [4.69, 9.17) is 4.99 Å². The number of piperazine rings is 1. The number of hydrogen-bond acceptors (Lipinski definition) is 5. The minimum Gasteiger partial charge on any atom is -0.353 e. The summed E-state index contributed by atoms with van der Waals surface area (Å²) in [5.74, 6) is 1.09. The smallest absolute Gasteiger partial charge is 0.140 e. The molecule has 2 aromatic carbocycles. The summed E-state index contributed by atoms with van der Waals surface area (Å²) in [7, 11) is 2.19. The molecule has 0 bridgehead atoms. The van der Waals surface area contributed by atoms with Crippen LogP contribution in [0.25, 0.3) is 10.1 Å². The summed E-state index contributed by atoms with van der Waals surface area (Å²) in [6.45, 7) is 4.13. The number of thiophene rings is 1. The second-order valence-electron chi connectivity index (χ2n) is 6.81. The van der Waals surface area contributed by atoms with E-state index in [0.717, 1.165) is 47.9 Å². The Morgan fingerprint density at radius 3 is 2.73 bits per heavy atom. The molecule has 0 atom stereocenters. The van der Waals surface area contributed by atoms with Gasteiger partial charge in [-0.1, -0.05) is 34.1 Å². The second kappa shape index (κ2) is 6.37. The van der Waals surface area contributed by atoms with Gasteiger partial charge in [-0.05, 0) is 31.3 Å². The van der Waals surface area contributed by atoms with Crippen molar-refractivity contribution in [1.29, 1.82) is 0 Å². The molecule has 4 nitrogen and oxygen atoms in total. The van der Waals surface area contributed by atoms with E-state index in [1.54, 1.807) is 0 Å². The summed E-state index contributed by atoms with van der Waals surface area (Å²) in [4.78, 5) is 9.97. The predicted molar refractivity (Wildman–Crippen MR) is 115 cm³/mol. The number of rotatable bonds is 0. The molecule has 2 aliphatic rings. The highest BCUT2D eigenvalue weighted by Gasteiger charge is 2.27. The van der Waals surface area contributed by atoms with Crippen LogP contribution in [0.3, 0.4) is 0 Å². The lowest BCUT2D eigenvalue weighted by Gasteiger charge is -2.34. The van der Waals surface area contributed by atoms with Crippen LogP contribution in [0.5, 0.6) is 0 Å². The van der Waals surface area contributed by atoms with Crippen molar-refractivity contribution in [2.45, 2.75) is 0 Å². The Morgan fingerprint density at radius 1 is 1.08 bits per heavy atom. The van der Waals surface area contributed by atoms with E-state index in [1.165, 1.54) is 20.7 Å². The SMILES string of the molecule is CN1CCN(C2=Nc3cc(Br)ccc3Nc3sc4ccccc4c32)CC1. The Bertz CT molecular complexity index is 1020. The van der Waals surface area contributed by atoms with Gasteiger partial charge < -0.3 is 15.1 Å². The highest BCUT2D eigenvalue weighted by atomic mass is 79.9. The number of likely N-dealkylation sites (N-methyl/N-ethyl adjacent to an activating group) is 1. The van der Waals surface area contributed by atoms with Gasteiger partial charge >= 0.3 is 0 Å². The minimum atomic E-state index is 0.987. The van der Waals surface area contributed by atoms with E-state index in [0.29, 0.717) is 0 Å². The van der Waals surface area contributed by atoms with Crippen LogP contribution < -0.4 is 5.32 Å². The molecule has 3 aromatic rings. The highest BCUT2D eigenvalue weighted by molar-refractivity contribution is 9.10. The third kappa shape index (κ3) is 2.73. The van der Waals surface area contributed by atoms with Crippen molar-refractivity contribution < 1.29 is 0 Å². The standard InChI is InChI=1S/C20H19BrN4S/c1-24-8-10-25(11-9-24)19-18-14-4-2-3-5-17(14)26-20(18)23-15-7-6-13(21)12-16(15)22-19/h2-7,12,23H,8-11H2,1H3. The van der Waals surface area contributed by atoms with Crippen molar-refractivity contribution in [3.05, 3.63) is 52.5 Å². The van der Waals surface area contributed by atoms with Crippen LogP contribution in [0, 0.1) is 0 Å². The van der Waals surface area contributed by atoms with Crippen molar-refractivity contribution >= 4 is 59.6 Å². The Labute approximate surface area is 165 Å². The third-order valence-electron chi connectivity index (χ3n) is 5.06. The molecule has 1 fully saturated rings. The van der Waals surface area contributed by atoms with E-state index in [2.05, 4.69) is 80.6 Å². The van der Waals surface area contributed by atoms with Crippen LogP contribution in [0.15, 0.2) is 51.9 Å². The van der Waals surface area contributed by atoms with Gasteiger partial charge in [0, 0.05) is 40.7 Å². The van der Waals surface area contributed by atoms with E-state index >= 15 is 0 Å². The number of benzene rings is 2. The average molecular weight is 427 g/mol. The normalized spacial score (nSPS) is 17.3. The van der Waals surface area contributed by atoms with Crippen LogP contribution >= 0.6 is 27.3 Å². The molecular weight excluding hydrogens is 408 g/mol. The Kier molecular flexibility index (Phi) is 3.99. The molecule has 1 saturated heterocycles. The number of nitrogens with one attached hydrogen (secondary N) is 1. The number of aliphatic imine (C=N–C) groups is 1. The first-order valence-electron chi connectivity index (χ1n) is 8.80. The lowest BCUT2D eigenvalue weighted by molar-refractivity contribution is 0.216. The summed E-state index contributed by atoms with van der Waals surface area (Å²) >= 11 is 5.40. The number of anilines is 2. The average Bonchev–Trinajstić information content (AvgIpc) is 2.92. The summed E-state index contributed by atoms with van der Waals surface area (Å²) in [6, 6.07) is 14.9. The molecular formula is C20H19BrN4S. The van der Waals surface area contributed by atoms with Gasteiger partial charge in [-0.15, -0.1) is 11.3 Å². The van der Waals surface area contributed by atoms with Crippen LogP contribution in [-0.2, 0) is 0 Å². The van der Waals surface area contributed by atoms with E-state index in [9.17, 15) is 0 Å². The molecule has 26 heavy (non-hydrogen) atoms. The van der Waals surface area contributed by atoms with Crippen molar-refractivity contribution in [2.75, 3.05) is 38.5 Å². The zero-order valence-corrected chi connectivity index (χ0v) is 16.9. The highest BCUT2D eigenvalue weighted by Crippen LogP contribution is 2.43. The molecule has 0 aliphatic carbocycles. The summed E-state index contributed by atoms with van der Waals surface area (Å²) in [5.41, 5.74) is 3.29. The summed E-state index contributed by atoms with van der Waals surface area (Å²) in [6.07, 6.45) is 0. The van der Waals surface area contributed by atoms with Crippen molar-refractivity contribution in [2.24, 2.45) is 4.99 Å². The van der Waals surface area contributed by atoms with Crippen LogP contribution in [-0.4, -0.2) is 48.9 Å². The second-order valence-corrected chi connectivity index (χ2v) is 8.78. The predicted octanol–water partition coefficient (Wildman–Crippen LogP) is 5.05. The largest absolute Gasteiger partial charge is 0.353 e. The molecule has 132 valence electrons. The van der Waals surface area contributed by atoms with Crippen LogP contribution in [0.4, 0.5) is 16.4 Å². The first kappa shape index (κ1) is 16.3. The fourth-order valence-corrected chi connectivity index (χ4v) is 5.06. The van der Waals surface area contributed by atoms with Gasteiger partial charge in [-0.3, -0.25) is 0 Å². The Balaban J connectivity index is 1.73. The van der Waals surface area contributed by atoms with Gasteiger partial charge in [0.25, 0.3) is 0 Å². The van der Waals surface area contributed by atoms with Gasteiger partial charge in [0.1, 0.15) is 10.8 Å². The zero-order chi connectivity index (χ0) is 17.7. The van der Waals surface area contributed by atoms with Crippen LogP contribution in [0.2, 0.25) is 0 Å². The molecule has 3 heterocycles. The third-order valence-corrected chi connectivity index (χ3v) is 6.64. The first-order valence-corrected chi connectivity index (χ1v) is 10.4. The number of halogens is 1. The molecule has 0 amide bonds. The molecule has 1 N–H and O–H groups in total. The molecule has 2 aliphatic heterocycles. The molecule has 0 unspecified atom stereocenters.